The number of aromatic nitrogens is 2. The maximum absolute atomic E-state index is 5.88. The second-order valence-corrected chi connectivity index (χ2v) is 9.31. The van der Waals surface area contributed by atoms with E-state index in [1.54, 1.807) is 0 Å². The first-order valence-corrected chi connectivity index (χ1v) is 12.3. The minimum atomic E-state index is -0.0196. The number of benzene rings is 2. The summed E-state index contributed by atoms with van der Waals surface area (Å²) in [6, 6.07) is 27.8. The van der Waals surface area contributed by atoms with Crippen LogP contribution in [-0.2, 0) is 13.0 Å². The summed E-state index contributed by atoms with van der Waals surface area (Å²) in [5.74, 6) is 0. The molecule has 1 aliphatic rings. The van der Waals surface area contributed by atoms with Crippen molar-refractivity contribution < 1.29 is 0 Å². The Morgan fingerprint density at radius 3 is 2.32 bits per heavy atom. The van der Waals surface area contributed by atoms with Gasteiger partial charge in [-0.1, -0.05) is 55.5 Å². The van der Waals surface area contributed by atoms with Gasteiger partial charge in [0.15, 0.2) is 5.11 Å². The quantitative estimate of drug-likeness (QED) is 0.342. The molecule has 1 saturated heterocycles. The molecule has 3 heterocycles. The van der Waals surface area contributed by atoms with Crippen molar-refractivity contribution in [1.29, 1.82) is 0 Å². The van der Waals surface area contributed by atoms with Gasteiger partial charge in [0.05, 0.1) is 17.8 Å². The molecular formula is C29H30N4S. The van der Waals surface area contributed by atoms with Gasteiger partial charge in [-0.15, -0.1) is 0 Å². The van der Waals surface area contributed by atoms with Crippen molar-refractivity contribution >= 4 is 17.3 Å². The zero-order valence-electron chi connectivity index (χ0n) is 19.9. The third-order valence-electron chi connectivity index (χ3n) is 6.79. The van der Waals surface area contributed by atoms with Crippen LogP contribution in [0.2, 0.25) is 0 Å². The molecule has 4 nitrogen and oxygen atoms in total. The molecule has 2 atom stereocenters. The molecule has 172 valence electrons. The van der Waals surface area contributed by atoms with Gasteiger partial charge in [0.1, 0.15) is 0 Å². The van der Waals surface area contributed by atoms with Crippen LogP contribution >= 0.6 is 12.2 Å². The Hall–Kier alpha value is -3.44. The molecule has 1 aliphatic heterocycles. The average Bonchev–Trinajstić information content (AvgIpc) is 3.35. The average molecular weight is 467 g/mol. The monoisotopic (exact) mass is 466 g/mol. The summed E-state index contributed by atoms with van der Waals surface area (Å²) in [6.45, 7) is 7.33. The molecule has 0 amide bonds. The van der Waals surface area contributed by atoms with Crippen LogP contribution in [0.25, 0.3) is 5.69 Å². The molecule has 0 bridgehead atoms. The van der Waals surface area contributed by atoms with E-state index < -0.39 is 0 Å². The Balaban J connectivity index is 1.60. The summed E-state index contributed by atoms with van der Waals surface area (Å²) in [5.41, 5.74) is 8.50. The normalized spacial score (nSPS) is 17.7. The first-order valence-electron chi connectivity index (χ1n) is 11.9. The number of nitrogens with zero attached hydrogens (tertiary/aromatic N) is 3. The molecule has 34 heavy (non-hydrogen) atoms. The van der Waals surface area contributed by atoms with Crippen LogP contribution in [0.5, 0.6) is 0 Å². The minimum Gasteiger partial charge on any atom is -0.352 e. The van der Waals surface area contributed by atoms with Crippen LogP contribution in [0, 0.1) is 13.8 Å². The van der Waals surface area contributed by atoms with Crippen molar-refractivity contribution in [2.24, 2.45) is 0 Å². The first-order chi connectivity index (χ1) is 16.6. The van der Waals surface area contributed by atoms with Crippen molar-refractivity contribution in [1.82, 2.24) is 19.8 Å². The molecule has 2 aromatic carbocycles. The van der Waals surface area contributed by atoms with E-state index >= 15 is 0 Å². The maximum Gasteiger partial charge on any atom is 0.170 e. The predicted octanol–water partition coefficient (Wildman–Crippen LogP) is 6.22. The van der Waals surface area contributed by atoms with E-state index in [4.69, 9.17) is 17.2 Å². The SMILES string of the molecule is CCc1ccc(-n2c(C)cc([C@@H]3[C@H](c4ccccn4)NC(=S)N3Cc3ccccc3)c2C)cc1. The molecule has 1 fully saturated rings. The fourth-order valence-corrected chi connectivity index (χ4v) is 5.36. The molecule has 0 unspecified atom stereocenters. The van der Waals surface area contributed by atoms with Gasteiger partial charge in [-0.3, -0.25) is 4.98 Å². The number of hydrogen-bond donors (Lipinski definition) is 1. The topological polar surface area (TPSA) is 33.1 Å². The zero-order valence-corrected chi connectivity index (χ0v) is 20.7. The Labute approximate surface area is 207 Å². The van der Waals surface area contributed by atoms with Gasteiger partial charge < -0.3 is 14.8 Å². The molecule has 5 heteroatoms. The summed E-state index contributed by atoms with van der Waals surface area (Å²) < 4.78 is 2.35. The zero-order chi connectivity index (χ0) is 23.7. The van der Waals surface area contributed by atoms with Crippen molar-refractivity contribution in [3.8, 4) is 5.69 Å². The molecule has 0 aliphatic carbocycles. The number of nitrogens with one attached hydrogen (secondary N) is 1. The van der Waals surface area contributed by atoms with Crippen LogP contribution < -0.4 is 5.32 Å². The summed E-state index contributed by atoms with van der Waals surface area (Å²) in [6.07, 6.45) is 2.90. The smallest absolute Gasteiger partial charge is 0.170 e. The predicted molar refractivity (Wildman–Crippen MR) is 142 cm³/mol. The van der Waals surface area contributed by atoms with Gasteiger partial charge >= 0.3 is 0 Å². The number of thiocarbonyl (C=S) groups is 1. The van der Waals surface area contributed by atoms with E-state index in [1.165, 1.54) is 33.8 Å². The van der Waals surface area contributed by atoms with Crippen molar-refractivity contribution in [2.45, 2.75) is 45.8 Å². The molecular weight excluding hydrogens is 436 g/mol. The van der Waals surface area contributed by atoms with Crippen LogP contribution in [-0.4, -0.2) is 19.6 Å². The van der Waals surface area contributed by atoms with E-state index in [2.05, 4.69) is 102 Å². The number of pyridine rings is 1. The lowest BCUT2D eigenvalue weighted by molar-refractivity contribution is 0.310. The lowest BCUT2D eigenvalue weighted by Gasteiger charge is -2.28. The Bertz CT molecular complexity index is 1280. The van der Waals surface area contributed by atoms with Crippen molar-refractivity contribution in [2.75, 3.05) is 0 Å². The second-order valence-electron chi connectivity index (χ2n) is 8.92. The third-order valence-corrected chi connectivity index (χ3v) is 7.14. The fourth-order valence-electron chi connectivity index (χ4n) is 5.06. The fraction of sp³-hybridized carbons (Fsp3) is 0.241. The third kappa shape index (κ3) is 4.12. The number of rotatable bonds is 6. The Morgan fingerprint density at radius 2 is 1.65 bits per heavy atom. The van der Waals surface area contributed by atoms with E-state index in [9.17, 15) is 0 Å². The van der Waals surface area contributed by atoms with Crippen LogP contribution in [0.1, 0.15) is 52.8 Å². The van der Waals surface area contributed by atoms with Gasteiger partial charge in [-0.05, 0) is 79.5 Å². The summed E-state index contributed by atoms with van der Waals surface area (Å²) in [7, 11) is 0. The van der Waals surface area contributed by atoms with Crippen LogP contribution in [0.15, 0.2) is 85.1 Å². The van der Waals surface area contributed by atoms with Gasteiger partial charge in [-0.2, -0.15) is 0 Å². The summed E-state index contributed by atoms with van der Waals surface area (Å²) >= 11 is 5.88. The van der Waals surface area contributed by atoms with Crippen molar-refractivity contribution in [3.63, 3.8) is 0 Å². The Kier molecular flexibility index (Phi) is 6.20. The molecule has 0 spiro atoms. The second kappa shape index (κ2) is 9.43. The highest BCUT2D eigenvalue weighted by atomic mass is 32.1. The Morgan fingerprint density at radius 1 is 0.912 bits per heavy atom. The van der Waals surface area contributed by atoms with Gasteiger partial charge in [0.25, 0.3) is 0 Å². The molecule has 0 radical (unpaired) electrons. The highest BCUT2D eigenvalue weighted by Crippen LogP contribution is 2.42. The van der Waals surface area contributed by atoms with E-state index in [0.717, 1.165) is 23.8 Å². The largest absolute Gasteiger partial charge is 0.352 e. The van der Waals surface area contributed by atoms with E-state index in [0.29, 0.717) is 0 Å². The highest BCUT2D eigenvalue weighted by Gasteiger charge is 2.41. The molecule has 4 aromatic rings. The number of hydrogen-bond acceptors (Lipinski definition) is 2. The lowest BCUT2D eigenvalue weighted by atomic mass is 9.96. The summed E-state index contributed by atoms with van der Waals surface area (Å²) in [4.78, 5) is 7.01. The molecule has 1 N–H and O–H groups in total. The standard InChI is InChI=1S/C29H30N4S/c1-4-22-13-15-24(16-14-22)33-20(2)18-25(21(33)3)28-27(26-12-8-9-17-30-26)31-29(34)32(28)19-23-10-6-5-7-11-23/h5-18,27-28H,4,19H2,1-3H3,(H,31,34)/t27-,28+/m0/s1. The highest BCUT2D eigenvalue weighted by molar-refractivity contribution is 7.80. The van der Waals surface area contributed by atoms with E-state index in [1.807, 2.05) is 18.3 Å². The van der Waals surface area contributed by atoms with Gasteiger partial charge in [0.2, 0.25) is 0 Å². The summed E-state index contributed by atoms with van der Waals surface area (Å²) in [5, 5.41) is 4.35. The van der Waals surface area contributed by atoms with Crippen molar-refractivity contribution in [3.05, 3.63) is 119 Å². The molecule has 2 aromatic heterocycles. The van der Waals surface area contributed by atoms with Crippen LogP contribution in [0.4, 0.5) is 0 Å². The number of aryl methyl sites for hydroxylation is 2. The molecule has 5 rings (SSSR count). The van der Waals surface area contributed by atoms with E-state index in [-0.39, 0.29) is 12.1 Å². The van der Waals surface area contributed by atoms with Gasteiger partial charge in [0, 0.05) is 29.8 Å². The van der Waals surface area contributed by atoms with Gasteiger partial charge in [-0.25, -0.2) is 0 Å². The minimum absolute atomic E-state index is 0.0196. The maximum atomic E-state index is 5.88. The first kappa shape index (κ1) is 22.4. The lowest BCUT2D eigenvalue weighted by Crippen LogP contribution is -2.29. The molecule has 0 saturated carbocycles. The van der Waals surface area contributed by atoms with Crippen LogP contribution in [0.3, 0.4) is 0 Å².